The largest absolute Gasteiger partial charge is 0.497 e. The summed E-state index contributed by atoms with van der Waals surface area (Å²) in [5, 5.41) is 0.859. The van der Waals surface area contributed by atoms with E-state index in [-0.39, 0.29) is 0 Å². The number of aryl methyl sites for hydroxylation is 1. The molecule has 5 heteroatoms. The number of aromatic nitrogens is 1. The summed E-state index contributed by atoms with van der Waals surface area (Å²) >= 11 is 0. The van der Waals surface area contributed by atoms with Gasteiger partial charge in [0.25, 0.3) is 5.91 Å². The molecular weight excluding hydrogens is 326 g/mol. The third kappa shape index (κ3) is 2.75. The van der Waals surface area contributed by atoms with E-state index in [1.807, 2.05) is 13.0 Å². The van der Waals surface area contributed by atoms with Crippen molar-refractivity contribution in [3.05, 3.63) is 64.8 Å². The van der Waals surface area contributed by atoms with E-state index in [9.17, 15) is 4.79 Å². The summed E-state index contributed by atoms with van der Waals surface area (Å²) < 4.78 is 5.33. The van der Waals surface area contributed by atoms with Crippen LogP contribution in [0.15, 0.2) is 42.5 Å². The van der Waals surface area contributed by atoms with Crippen molar-refractivity contribution >= 4 is 22.5 Å². The molecule has 0 fully saturated rings. The van der Waals surface area contributed by atoms with Gasteiger partial charge in [-0.05, 0) is 42.7 Å². The van der Waals surface area contributed by atoms with Crippen LogP contribution in [0, 0.1) is 6.92 Å². The van der Waals surface area contributed by atoms with Crippen LogP contribution in [-0.4, -0.2) is 24.5 Å². The second kappa shape index (κ2) is 6.33. The smallest absolute Gasteiger partial charge is 0.251 e. The van der Waals surface area contributed by atoms with Crippen LogP contribution >= 0.6 is 0 Å². The van der Waals surface area contributed by atoms with Gasteiger partial charge in [-0.25, -0.2) is 0 Å². The van der Waals surface area contributed by atoms with Crippen molar-refractivity contribution < 1.29 is 9.53 Å². The Labute approximate surface area is 152 Å². The number of methoxy groups -OCH3 is 1. The Hall–Kier alpha value is -3.08. The van der Waals surface area contributed by atoms with Crippen LogP contribution in [0.1, 0.15) is 27.2 Å². The number of hydrogen-bond donors (Lipinski definition) is 1. The third-order valence-corrected chi connectivity index (χ3v) is 5.03. The fourth-order valence-corrected chi connectivity index (χ4v) is 3.67. The monoisotopic (exact) mass is 347 g/mol. The Kier molecular flexibility index (Phi) is 3.99. The molecule has 0 unspecified atom stereocenters. The zero-order chi connectivity index (χ0) is 18.3. The van der Waals surface area contributed by atoms with Crippen LogP contribution in [0.4, 0.5) is 5.69 Å². The summed E-state index contributed by atoms with van der Waals surface area (Å²) in [7, 11) is 1.58. The highest BCUT2D eigenvalue weighted by Gasteiger charge is 2.20. The van der Waals surface area contributed by atoms with Crippen LogP contribution in [0.25, 0.3) is 10.9 Å². The molecule has 0 radical (unpaired) electrons. The van der Waals surface area contributed by atoms with Gasteiger partial charge in [-0.1, -0.05) is 24.3 Å². The molecule has 0 saturated heterocycles. The molecule has 1 amide bonds. The minimum atomic E-state index is -0.500. The van der Waals surface area contributed by atoms with Gasteiger partial charge in [0.05, 0.1) is 29.6 Å². The molecule has 2 aromatic carbocycles. The Bertz CT molecular complexity index is 1010. The van der Waals surface area contributed by atoms with Crippen LogP contribution in [0.5, 0.6) is 5.75 Å². The van der Waals surface area contributed by atoms with E-state index < -0.39 is 5.91 Å². The van der Waals surface area contributed by atoms with Crippen molar-refractivity contribution in [2.75, 3.05) is 18.6 Å². The van der Waals surface area contributed by atoms with Crippen LogP contribution < -0.4 is 15.4 Å². The molecule has 0 bridgehead atoms. The standard InChI is InChI=1S/C21H21N3O2/c1-13-19(24-8-7-14-5-3-4-6-15(14)12-24)10-16-9-17(26-2)11-18(21(22)25)20(16)23-13/h3-6,9-11H,7-8,12H2,1-2H3,(H2,22,25). The lowest BCUT2D eigenvalue weighted by molar-refractivity contribution is 0.100. The van der Waals surface area contributed by atoms with E-state index in [1.54, 1.807) is 13.2 Å². The Morgan fingerprint density at radius 3 is 2.69 bits per heavy atom. The number of anilines is 1. The lowest BCUT2D eigenvalue weighted by Gasteiger charge is -2.31. The highest BCUT2D eigenvalue weighted by atomic mass is 16.5. The van der Waals surface area contributed by atoms with Gasteiger partial charge >= 0.3 is 0 Å². The van der Waals surface area contributed by atoms with Crippen molar-refractivity contribution in [2.45, 2.75) is 19.9 Å². The predicted molar refractivity (Wildman–Crippen MR) is 103 cm³/mol. The molecule has 2 heterocycles. The number of nitrogens with zero attached hydrogens (tertiary/aromatic N) is 2. The molecule has 132 valence electrons. The summed E-state index contributed by atoms with van der Waals surface area (Å²) in [4.78, 5) is 18.9. The minimum absolute atomic E-state index is 0.387. The van der Waals surface area contributed by atoms with Gasteiger partial charge in [0, 0.05) is 18.5 Å². The van der Waals surface area contributed by atoms with E-state index in [0.717, 1.165) is 36.3 Å². The van der Waals surface area contributed by atoms with Gasteiger partial charge in [-0.2, -0.15) is 0 Å². The lowest BCUT2D eigenvalue weighted by atomic mass is 9.99. The molecular formula is C21H21N3O2. The maximum atomic E-state index is 11.8. The number of pyridine rings is 1. The van der Waals surface area contributed by atoms with Crippen LogP contribution in [-0.2, 0) is 13.0 Å². The van der Waals surface area contributed by atoms with E-state index in [1.165, 1.54) is 11.1 Å². The molecule has 1 aliphatic rings. The maximum absolute atomic E-state index is 11.8. The zero-order valence-electron chi connectivity index (χ0n) is 15.0. The highest BCUT2D eigenvalue weighted by molar-refractivity contribution is 6.06. The van der Waals surface area contributed by atoms with Gasteiger partial charge in [0.1, 0.15) is 5.75 Å². The SMILES string of the molecule is COc1cc(C(N)=O)c2nc(C)c(N3CCc4ccccc4C3)cc2c1. The summed E-state index contributed by atoms with van der Waals surface area (Å²) in [6.07, 6.45) is 1.01. The fraction of sp³-hybridized carbons (Fsp3) is 0.238. The number of amides is 1. The molecule has 5 nitrogen and oxygen atoms in total. The number of carbonyl (C=O) groups is 1. The first-order valence-electron chi connectivity index (χ1n) is 8.67. The molecule has 4 rings (SSSR count). The van der Waals surface area contributed by atoms with Crippen LogP contribution in [0.3, 0.4) is 0 Å². The number of primary amides is 1. The number of carbonyl (C=O) groups excluding carboxylic acids is 1. The molecule has 0 atom stereocenters. The summed E-state index contributed by atoms with van der Waals surface area (Å²) in [5.41, 5.74) is 11.3. The zero-order valence-corrected chi connectivity index (χ0v) is 15.0. The van der Waals surface area contributed by atoms with Crippen LogP contribution in [0.2, 0.25) is 0 Å². The first kappa shape index (κ1) is 16.4. The topological polar surface area (TPSA) is 68.5 Å². The molecule has 1 aliphatic heterocycles. The Morgan fingerprint density at radius 1 is 1.19 bits per heavy atom. The molecule has 0 aliphatic carbocycles. The van der Waals surface area contributed by atoms with Gasteiger partial charge in [0.2, 0.25) is 0 Å². The molecule has 0 saturated carbocycles. The lowest BCUT2D eigenvalue weighted by Crippen LogP contribution is -2.31. The molecule has 2 N–H and O–H groups in total. The molecule has 3 aromatic rings. The van der Waals surface area contributed by atoms with Crippen molar-refractivity contribution in [1.29, 1.82) is 0 Å². The summed E-state index contributed by atoms with van der Waals surface area (Å²) in [6, 6.07) is 14.2. The van der Waals surface area contributed by atoms with Crippen molar-refractivity contribution in [3.8, 4) is 5.75 Å². The van der Waals surface area contributed by atoms with E-state index in [2.05, 4.69) is 35.2 Å². The molecule has 26 heavy (non-hydrogen) atoms. The first-order valence-corrected chi connectivity index (χ1v) is 8.67. The quantitative estimate of drug-likeness (QED) is 0.790. The van der Waals surface area contributed by atoms with Crippen molar-refractivity contribution in [1.82, 2.24) is 4.98 Å². The Morgan fingerprint density at radius 2 is 1.96 bits per heavy atom. The highest BCUT2D eigenvalue weighted by Crippen LogP contribution is 2.32. The first-order chi connectivity index (χ1) is 12.6. The van der Waals surface area contributed by atoms with E-state index in [4.69, 9.17) is 15.5 Å². The van der Waals surface area contributed by atoms with E-state index in [0.29, 0.717) is 16.8 Å². The number of nitrogens with two attached hydrogens (primary N) is 1. The van der Waals surface area contributed by atoms with Gasteiger partial charge in [-0.15, -0.1) is 0 Å². The van der Waals surface area contributed by atoms with Gasteiger partial charge in [0.15, 0.2) is 0 Å². The number of hydrogen-bond acceptors (Lipinski definition) is 4. The van der Waals surface area contributed by atoms with Gasteiger partial charge < -0.3 is 15.4 Å². The number of rotatable bonds is 3. The summed E-state index contributed by atoms with van der Waals surface area (Å²) in [5.74, 6) is 0.104. The van der Waals surface area contributed by atoms with E-state index >= 15 is 0 Å². The second-order valence-corrected chi connectivity index (χ2v) is 6.64. The minimum Gasteiger partial charge on any atom is -0.497 e. The average molecular weight is 347 g/mol. The molecule has 0 spiro atoms. The van der Waals surface area contributed by atoms with Crippen molar-refractivity contribution in [3.63, 3.8) is 0 Å². The van der Waals surface area contributed by atoms with Gasteiger partial charge in [-0.3, -0.25) is 9.78 Å². The number of fused-ring (bicyclic) bond motifs is 2. The molecule has 1 aromatic heterocycles. The summed E-state index contributed by atoms with van der Waals surface area (Å²) in [6.45, 7) is 3.78. The predicted octanol–water partition coefficient (Wildman–Crippen LogP) is 3.21. The average Bonchev–Trinajstić information content (AvgIpc) is 2.66. The maximum Gasteiger partial charge on any atom is 0.251 e. The number of ether oxygens (including phenoxy) is 1. The fourth-order valence-electron chi connectivity index (χ4n) is 3.67. The van der Waals surface area contributed by atoms with Crippen molar-refractivity contribution in [2.24, 2.45) is 5.73 Å². The number of benzene rings is 2. The Balaban J connectivity index is 1.82. The second-order valence-electron chi connectivity index (χ2n) is 6.64. The third-order valence-electron chi connectivity index (χ3n) is 5.03. The normalized spacial score (nSPS) is 13.5.